The third-order valence-electron chi connectivity index (χ3n) is 5.29. The van der Waals surface area contributed by atoms with Gasteiger partial charge in [0.15, 0.2) is 11.2 Å². The summed E-state index contributed by atoms with van der Waals surface area (Å²) in [5.41, 5.74) is 0.790. The second-order valence-corrected chi connectivity index (χ2v) is 9.09. The molecule has 2 rings (SSSR count). The Hall–Kier alpha value is -2.39. The number of nitrogens with one attached hydrogen (secondary N) is 2. The molecule has 0 unspecified atom stereocenters. The Morgan fingerprint density at radius 2 is 1.84 bits per heavy atom. The second-order valence-electron chi connectivity index (χ2n) is 7.89. The van der Waals surface area contributed by atoms with Gasteiger partial charge in [0, 0.05) is 18.6 Å². The standard InChI is InChI=1S/C23H32N2O6S/c1-16(27)32-15-18-11-7-2-3-8-12-19(24-21(18)28)22(29)25-20(13-26)23(30)31-14-17-9-5-4-6-10-17/h4-6,9-10,18-20,26H,2-3,7-8,11-15H2,1H3,(H,24,28)(H,25,29)/t18-,19-,20+/m1/s1. The van der Waals surface area contributed by atoms with Crippen LogP contribution < -0.4 is 10.6 Å². The third kappa shape index (κ3) is 9.00. The van der Waals surface area contributed by atoms with Gasteiger partial charge in [0.05, 0.1) is 6.61 Å². The molecule has 9 heteroatoms. The van der Waals surface area contributed by atoms with Crippen molar-refractivity contribution in [1.82, 2.24) is 10.6 Å². The molecule has 1 fully saturated rings. The summed E-state index contributed by atoms with van der Waals surface area (Å²) in [5, 5.41) is 14.8. The monoisotopic (exact) mass is 464 g/mol. The van der Waals surface area contributed by atoms with Crippen LogP contribution >= 0.6 is 11.8 Å². The smallest absolute Gasteiger partial charge is 0.331 e. The van der Waals surface area contributed by atoms with Crippen LogP contribution in [0.4, 0.5) is 0 Å². The van der Waals surface area contributed by atoms with Crippen LogP contribution in [0.1, 0.15) is 51.0 Å². The maximum atomic E-state index is 12.8. The number of esters is 1. The van der Waals surface area contributed by atoms with Crippen LogP contribution in [-0.4, -0.2) is 52.4 Å². The fourth-order valence-electron chi connectivity index (χ4n) is 3.44. The van der Waals surface area contributed by atoms with Crippen molar-refractivity contribution in [3.05, 3.63) is 35.9 Å². The van der Waals surface area contributed by atoms with Gasteiger partial charge in [0.2, 0.25) is 11.8 Å². The maximum absolute atomic E-state index is 12.8. The molecule has 0 radical (unpaired) electrons. The lowest BCUT2D eigenvalue weighted by molar-refractivity contribution is -0.150. The topological polar surface area (TPSA) is 122 Å². The molecule has 0 saturated carbocycles. The summed E-state index contributed by atoms with van der Waals surface area (Å²) < 4.78 is 5.21. The second kappa shape index (κ2) is 13.9. The zero-order valence-electron chi connectivity index (χ0n) is 18.4. The zero-order chi connectivity index (χ0) is 23.3. The van der Waals surface area contributed by atoms with E-state index in [1.54, 1.807) is 12.1 Å². The summed E-state index contributed by atoms with van der Waals surface area (Å²) in [6.07, 6.45) is 4.62. The minimum atomic E-state index is -1.22. The molecule has 1 aliphatic rings. The van der Waals surface area contributed by atoms with Gasteiger partial charge in [-0.2, -0.15) is 0 Å². The van der Waals surface area contributed by atoms with E-state index in [9.17, 15) is 24.3 Å². The van der Waals surface area contributed by atoms with Crippen LogP contribution in [0, 0.1) is 5.92 Å². The van der Waals surface area contributed by atoms with E-state index >= 15 is 0 Å². The quantitative estimate of drug-likeness (QED) is 0.503. The first kappa shape index (κ1) is 25.9. The first-order valence-electron chi connectivity index (χ1n) is 11.0. The van der Waals surface area contributed by atoms with Crippen molar-refractivity contribution < 1.29 is 29.0 Å². The number of amides is 2. The average Bonchev–Trinajstić information content (AvgIpc) is 2.79. The van der Waals surface area contributed by atoms with Crippen molar-refractivity contribution in [2.75, 3.05) is 12.4 Å². The lowest BCUT2D eigenvalue weighted by Crippen LogP contribution is -2.54. The van der Waals surface area contributed by atoms with E-state index in [1.165, 1.54) is 6.92 Å². The molecule has 1 aromatic carbocycles. The van der Waals surface area contributed by atoms with Gasteiger partial charge < -0.3 is 20.5 Å². The van der Waals surface area contributed by atoms with E-state index in [1.807, 2.05) is 18.2 Å². The van der Waals surface area contributed by atoms with Crippen LogP contribution in [0.15, 0.2) is 30.3 Å². The number of benzene rings is 1. The summed E-state index contributed by atoms with van der Waals surface area (Å²) in [7, 11) is 0. The Kier molecular flexibility index (Phi) is 11.2. The van der Waals surface area contributed by atoms with Crippen molar-refractivity contribution in [3.63, 3.8) is 0 Å². The molecule has 1 saturated heterocycles. The fourth-order valence-corrected chi connectivity index (χ4v) is 4.19. The maximum Gasteiger partial charge on any atom is 0.331 e. The Bertz CT molecular complexity index is 773. The van der Waals surface area contributed by atoms with Gasteiger partial charge in [0.25, 0.3) is 0 Å². The fraction of sp³-hybridized carbons (Fsp3) is 0.565. The third-order valence-corrected chi connectivity index (χ3v) is 6.27. The highest BCUT2D eigenvalue weighted by molar-refractivity contribution is 8.13. The molecular weight excluding hydrogens is 432 g/mol. The number of hydrogen-bond donors (Lipinski definition) is 3. The Labute approximate surface area is 192 Å². The molecule has 0 aliphatic carbocycles. The van der Waals surface area contributed by atoms with E-state index < -0.39 is 30.6 Å². The van der Waals surface area contributed by atoms with E-state index in [2.05, 4.69) is 10.6 Å². The van der Waals surface area contributed by atoms with Crippen molar-refractivity contribution in [1.29, 1.82) is 0 Å². The van der Waals surface area contributed by atoms with Gasteiger partial charge in [-0.3, -0.25) is 14.4 Å². The van der Waals surface area contributed by atoms with E-state index in [0.29, 0.717) is 18.6 Å². The largest absolute Gasteiger partial charge is 0.459 e. The Morgan fingerprint density at radius 1 is 1.16 bits per heavy atom. The number of ether oxygens (including phenoxy) is 1. The molecule has 1 aliphatic heterocycles. The molecule has 3 N–H and O–H groups in total. The van der Waals surface area contributed by atoms with Crippen LogP contribution in [0.3, 0.4) is 0 Å². The van der Waals surface area contributed by atoms with Crippen molar-refractivity contribution in [2.24, 2.45) is 5.92 Å². The molecule has 0 spiro atoms. The number of aliphatic hydroxyl groups excluding tert-OH is 1. The molecule has 32 heavy (non-hydrogen) atoms. The number of aliphatic hydroxyl groups is 1. The number of rotatable bonds is 8. The summed E-state index contributed by atoms with van der Waals surface area (Å²) in [4.78, 5) is 49.2. The Morgan fingerprint density at radius 3 is 2.50 bits per heavy atom. The first-order valence-corrected chi connectivity index (χ1v) is 11.9. The lowest BCUT2D eigenvalue weighted by Gasteiger charge is -2.25. The first-order chi connectivity index (χ1) is 15.4. The molecule has 3 atom stereocenters. The summed E-state index contributed by atoms with van der Waals surface area (Å²) in [6, 6.07) is 7.05. The number of hydrogen-bond acceptors (Lipinski definition) is 7. The van der Waals surface area contributed by atoms with E-state index in [4.69, 9.17) is 4.74 Å². The predicted octanol–water partition coefficient (Wildman–Crippen LogP) is 1.94. The molecule has 2 amide bonds. The van der Waals surface area contributed by atoms with Crippen LogP contribution in [0.2, 0.25) is 0 Å². The van der Waals surface area contributed by atoms with Crippen molar-refractivity contribution in [3.8, 4) is 0 Å². The summed E-state index contributed by atoms with van der Waals surface area (Å²) in [6.45, 7) is 0.879. The molecule has 0 bridgehead atoms. The van der Waals surface area contributed by atoms with Crippen LogP contribution in [0.5, 0.6) is 0 Å². The lowest BCUT2D eigenvalue weighted by atomic mass is 9.97. The minimum Gasteiger partial charge on any atom is -0.459 e. The van der Waals surface area contributed by atoms with Gasteiger partial charge >= 0.3 is 5.97 Å². The van der Waals surface area contributed by atoms with Gasteiger partial charge in [0.1, 0.15) is 12.6 Å². The molecule has 176 valence electrons. The van der Waals surface area contributed by atoms with Gasteiger partial charge in [-0.1, -0.05) is 67.8 Å². The highest BCUT2D eigenvalue weighted by Gasteiger charge is 2.29. The summed E-state index contributed by atoms with van der Waals surface area (Å²) in [5.74, 6) is -1.53. The SMILES string of the molecule is CC(=O)SC[C@H]1CCCCCC[C@H](C(=O)N[C@@H](CO)C(=O)OCc2ccccc2)NC1=O. The zero-order valence-corrected chi connectivity index (χ0v) is 19.2. The van der Waals surface area contributed by atoms with Gasteiger partial charge in [-0.15, -0.1) is 0 Å². The number of carbonyl (C=O) groups is 4. The van der Waals surface area contributed by atoms with Crippen LogP contribution in [-0.2, 0) is 30.5 Å². The van der Waals surface area contributed by atoms with E-state index in [0.717, 1.165) is 43.0 Å². The number of carbonyl (C=O) groups excluding carboxylic acids is 4. The molecule has 0 aromatic heterocycles. The highest BCUT2D eigenvalue weighted by Crippen LogP contribution is 2.20. The highest BCUT2D eigenvalue weighted by atomic mass is 32.2. The van der Waals surface area contributed by atoms with Crippen molar-refractivity contribution in [2.45, 2.75) is 64.1 Å². The molecular formula is C23H32N2O6S. The molecule has 1 heterocycles. The predicted molar refractivity (Wildman–Crippen MR) is 122 cm³/mol. The molecule has 8 nitrogen and oxygen atoms in total. The van der Waals surface area contributed by atoms with Gasteiger partial charge in [-0.25, -0.2) is 4.79 Å². The number of thioether (sulfide) groups is 1. The average molecular weight is 465 g/mol. The minimum absolute atomic E-state index is 0.0295. The van der Waals surface area contributed by atoms with Gasteiger partial charge in [-0.05, 0) is 18.4 Å². The molecule has 1 aromatic rings. The van der Waals surface area contributed by atoms with Crippen LogP contribution in [0.25, 0.3) is 0 Å². The normalized spacial score (nSPS) is 20.5. The van der Waals surface area contributed by atoms with E-state index in [-0.39, 0.29) is 23.5 Å². The Balaban J connectivity index is 1.96. The summed E-state index contributed by atoms with van der Waals surface area (Å²) >= 11 is 1.11. The van der Waals surface area contributed by atoms with Crippen molar-refractivity contribution >= 4 is 34.7 Å².